The highest BCUT2D eigenvalue weighted by molar-refractivity contribution is 5.57. The maximum Gasteiger partial charge on any atom is 0.171 e. The van der Waals surface area contributed by atoms with Gasteiger partial charge in [0, 0.05) is 25.5 Å². The summed E-state index contributed by atoms with van der Waals surface area (Å²) in [6.45, 7) is 4.36. The van der Waals surface area contributed by atoms with Crippen LogP contribution in [-0.4, -0.2) is 23.1 Å². The molecule has 2 N–H and O–H groups in total. The molecular weight excluding hydrogens is 176 g/mol. The second kappa shape index (κ2) is 3.82. The first-order chi connectivity index (χ1) is 6.77. The molecule has 76 valence electrons. The Bertz CT molecular complexity index is 313. The first kappa shape index (κ1) is 9.24. The summed E-state index contributed by atoms with van der Waals surface area (Å²) in [6.07, 6.45) is 5.85. The predicted molar refractivity (Wildman–Crippen MR) is 57.1 cm³/mol. The summed E-state index contributed by atoms with van der Waals surface area (Å²) in [5.41, 5.74) is 5.78. The highest BCUT2D eigenvalue weighted by Gasteiger charge is 2.19. The number of hydrogen-bond acceptors (Lipinski definition) is 4. The molecule has 1 saturated heterocycles. The van der Waals surface area contributed by atoms with Crippen LogP contribution in [0.4, 0.5) is 11.6 Å². The van der Waals surface area contributed by atoms with Crippen LogP contribution in [0.25, 0.3) is 0 Å². The van der Waals surface area contributed by atoms with Gasteiger partial charge in [-0.1, -0.05) is 6.92 Å². The number of nitrogens with zero attached hydrogens (tertiary/aromatic N) is 3. The van der Waals surface area contributed by atoms with Crippen molar-refractivity contribution in [2.45, 2.75) is 19.8 Å². The third-order valence-electron chi connectivity index (χ3n) is 2.66. The van der Waals surface area contributed by atoms with E-state index in [-0.39, 0.29) is 0 Å². The summed E-state index contributed by atoms with van der Waals surface area (Å²) < 4.78 is 0. The lowest BCUT2D eigenvalue weighted by Gasteiger charge is -2.31. The van der Waals surface area contributed by atoms with E-state index in [1.807, 2.05) is 0 Å². The molecule has 14 heavy (non-hydrogen) atoms. The molecule has 0 spiro atoms. The van der Waals surface area contributed by atoms with Crippen LogP contribution in [-0.2, 0) is 0 Å². The van der Waals surface area contributed by atoms with Gasteiger partial charge in [0.1, 0.15) is 0 Å². The molecule has 0 bridgehead atoms. The first-order valence-electron chi connectivity index (χ1n) is 5.09. The highest BCUT2D eigenvalue weighted by atomic mass is 15.2. The van der Waals surface area contributed by atoms with E-state index in [2.05, 4.69) is 21.8 Å². The van der Waals surface area contributed by atoms with Crippen LogP contribution >= 0.6 is 0 Å². The van der Waals surface area contributed by atoms with Crippen LogP contribution in [0.5, 0.6) is 0 Å². The Morgan fingerprint density at radius 3 is 2.93 bits per heavy atom. The third-order valence-corrected chi connectivity index (χ3v) is 2.66. The van der Waals surface area contributed by atoms with Crippen molar-refractivity contribution >= 4 is 11.6 Å². The van der Waals surface area contributed by atoms with E-state index in [1.165, 1.54) is 12.8 Å². The van der Waals surface area contributed by atoms with Crippen LogP contribution in [0.2, 0.25) is 0 Å². The minimum Gasteiger partial charge on any atom is -0.381 e. The van der Waals surface area contributed by atoms with E-state index < -0.39 is 0 Å². The summed E-state index contributed by atoms with van der Waals surface area (Å²) in [5.74, 6) is 2.12. The van der Waals surface area contributed by atoms with Crippen molar-refractivity contribution in [3.63, 3.8) is 0 Å². The van der Waals surface area contributed by atoms with Crippen molar-refractivity contribution in [1.82, 2.24) is 9.97 Å². The van der Waals surface area contributed by atoms with E-state index in [9.17, 15) is 0 Å². The van der Waals surface area contributed by atoms with Gasteiger partial charge in [0.15, 0.2) is 11.6 Å². The van der Waals surface area contributed by atoms with Crippen molar-refractivity contribution in [2.75, 3.05) is 23.7 Å². The molecule has 2 rings (SSSR count). The maximum atomic E-state index is 5.78. The average molecular weight is 192 g/mol. The zero-order valence-corrected chi connectivity index (χ0v) is 8.48. The van der Waals surface area contributed by atoms with Gasteiger partial charge in [-0.25, -0.2) is 9.97 Å². The number of hydrogen-bond donors (Lipinski definition) is 1. The Kier molecular flexibility index (Phi) is 2.52. The van der Waals surface area contributed by atoms with Crippen molar-refractivity contribution < 1.29 is 0 Å². The predicted octanol–water partition coefficient (Wildman–Crippen LogP) is 1.30. The Balaban J connectivity index is 2.18. The molecule has 0 amide bonds. The number of piperidine rings is 1. The van der Waals surface area contributed by atoms with E-state index in [0.29, 0.717) is 5.82 Å². The molecule has 1 aromatic rings. The molecule has 0 radical (unpaired) electrons. The van der Waals surface area contributed by atoms with Crippen molar-refractivity contribution in [3.8, 4) is 0 Å². The van der Waals surface area contributed by atoms with Crippen LogP contribution < -0.4 is 10.6 Å². The SMILES string of the molecule is C[C@@H]1CCCN(c2nccnc2N)C1. The molecule has 1 atom stereocenters. The zero-order valence-electron chi connectivity index (χ0n) is 8.48. The Morgan fingerprint density at radius 1 is 1.43 bits per heavy atom. The summed E-state index contributed by atoms with van der Waals surface area (Å²) in [4.78, 5) is 10.6. The third kappa shape index (κ3) is 1.78. The van der Waals surface area contributed by atoms with Gasteiger partial charge in [0.05, 0.1) is 0 Å². The summed E-state index contributed by atoms with van der Waals surface area (Å²) in [7, 11) is 0. The lowest BCUT2D eigenvalue weighted by molar-refractivity contribution is 0.444. The van der Waals surface area contributed by atoms with Crippen LogP contribution in [0, 0.1) is 5.92 Å². The van der Waals surface area contributed by atoms with Crippen molar-refractivity contribution in [2.24, 2.45) is 5.92 Å². The number of nitrogen functional groups attached to an aromatic ring is 1. The second-order valence-electron chi connectivity index (χ2n) is 3.96. The number of nitrogens with two attached hydrogens (primary N) is 1. The fraction of sp³-hybridized carbons (Fsp3) is 0.600. The van der Waals surface area contributed by atoms with Gasteiger partial charge < -0.3 is 10.6 Å². The lowest BCUT2D eigenvalue weighted by Crippen LogP contribution is -2.35. The normalized spacial score (nSPS) is 22.4. The standard InChI is InChI=1S/C10H16N4/c1-8-3-2-6-14(7-8)10-9(11)12-4-5-13-10/h4-5,8H,2-3,6-7H2,1H3,(H2,11,12)/t8-/m1/s1. The van der Waals surface area contributed by atoms with E-state index in [0.717, 1.165) is 24.8 Å². The van der Waals surface area contributed by atoms with Crippen molar-refractivity contribution in [1.29, 1.82) is 0 Å². The number of rotatable bonds is 1. The molecule has 0 saturated carbocycles. The minimum atomic E-state index is 0.543. The summed E-state index contributed by atoms with van der Waals surface area (Å²) >= 11 is 0. The molecule has 0 aromatic carbocycles. The Labute approximate surface area is 84.2 Å². The van der Waals surface area contributed by atoms with Gasteiger partial charge in [0.25, 0.3) is 0 Å². The van der Waals surface area contributed by atoms with Gasteiger partial charge in [-0.15, -0.1) is 0 Å². The van der Waals surface area contributed by atoms with Gasteiger partial charge in [0.2, 0.25) is 0 Å². The number of aromatic nitrogens is 2. The lowest BCUT2D eigenvalue weighted by atomic mass is 10.0. The van der Waals surface area contributed by atoms with Gasteiger partial charge in [-0.05, 0) is 18.8 Å². The first-order valence-corrected chi connectivity index (χ1v) is 5.09. The number of anilines is 2. The topological polar surface area (TPSA) is 55.0 Å². The molecule has 1 aliphatic heterocycles. The van der Waals surface area contributed by atoms with Crippen LogP contribution in [0.3, 0.4) is 0 Å². The van der Waals surface area contributed by atoms with Gasteiger partial charge in [-0.3, -0.25) is 0 Å². The van der Waals surface area contributed by atoms with Gasteiger partial charge in [-0.2, -0.15) is 0 Å². The maximum absolute atomic E-state index is 5.78. The smallest absolute Gasteiger partial charge is 0.171 e. The molecule has 4 nitrogen and oxygen atoms in total. The molecule has 1 fully saturated rings. The molecule has 1 aliphatic rings. The zero-order chi connectivity index (χ0) is 9.97. The minimum absolute atomic E-state index is 0.543. The van der Waals surface area contributed by atoms with E-state index in [1.54, 1.807) is 12.4 Å². The van der Waals surface area contributed by atoms with Crippen molar-refractivity contribution in [3.05, 3.63) is 12.4 Å². The van der Waals surface area contributed by atoms with Crippen LogP contribution in [0.1, 0.15) is 19.8 Å². The van der Waals surface area contributed by atoms with Crippen LogP contribution in [0.15, 0.2) is 12.4 Å². The Hall–Kier alpha value is -1.32. The second-order valence-corrected chi connectivity index (χ2v) is 3.96. The molecule has 4 heteroatoms. The monoisotopic (exact) mass is 192 g/mol. The molecule has 1 aromatic heterocycles. The fourth-order valence-electron chi connectivity index (χ4n) is 1.97. The highest BCUT2D eigenvalue weighted by Crippen LogP contribution is 2.23. The summed E-state index contributed by atoms with van der Waals surface area (Å²) in [6, 6.07) is 0. The Morgan fingerprint density at radius 2 is 2.21 bits per heavy atom. The van der Waals surface area contributed by atoms with E-state index in [4.69, 9.17) is 5.73 Å². The molecular formula is C10H16N4. The molecule has 2 heterocycles. The van der Waals surface area contributed by atoms with E-state index >= 15 is 0 Å². The van der Waals surface area contributed by atoms with Gasteiger partial charge >= 0.3 is 0 Å². The average Bonchev–Trinajstić information content (AvgIpc) is 2.18. The molecule has 0 aliphatic carbocycles. The summed E-state index contributed by atoms with van der Waals surface area (Å²) in [5, 5.41) is 0. The largest absolute Gasteiger partial charge is 0.381 e. The molecule has 0 unspecified atom stereocenters. The fourth-order valence-corrected chi connectivity index (χ4v) is 1.97. The quantitative estimate of drug-likeness (QED) is 0.728.